The van der Waals surface area contributed by atoms with Crippen LogP contribution in [0.3, 0.4) is 0 Å². The Morgan fingerprint density at radius 1 is 1.38 bits per heavy atom. The van der Waals surface area contributed by atoms with E-state index in [4.69, 9.17) is 10.3 Å². The molecule has 0 unspecified atom stereocenters. The number of hydrogen-bond donors (Lipinski definition) is 1. The maximum Gasteiger partial charge on any atom is 0.315 e. The third-order valence-corrected chi connectivity index (χ3v) is 4.40. The third-order valence-electron chi connectivity index (χ3n) is 4.40. The van der Waals surface area contributed by atoms with Crippen molar-refractivity contribution in [3.63, 3.8) is 0 Å². The monoisotopic (exact) mass is 332 g/mol. The summed E-state index contributed by atoms with van der Waals surface area (Å²) in [6, 6.07) is 6.71. The molecule has 1 aliphatic heterocycles. The predicted octanol–water partition coefficient (Wildman–Crippen LogP) is 2.15. The Kier molecular flexibility index (Phi) is 5.20. The van der Waals surface area contributed by atoms with Gasteiger partial charge < -0.3 is 10.3 Å². The Hall–Kier alpha value is -2.28. The first-order valence-electron chi connectivity index (χ1n) is 8.19. The lowest BCUT2D eigenvalue weighted by molar-refractivity contribution is 0.0958. The van der Waals surface area contributed by atoms with Gasteiger partial charge in [-0.15, -0.1) is 0 Å². The number of carbonyl (C=O) groups is 1. The van der Waals surface area contributed by atoms with Crippen molar-refractivity contribution in [1.82, 2.24) is 15.0 Å². The van der Waals surface area contributed by atoms with Crippen LogP contribution in [0.1, 0.15) is 41.3 Å². The van der Waals surface area contributed by atoms with Crippen LogP contribution in [0.2, 0.25) is 0 Å². The van der Waals surface area contributed by atoms with Crippen LogP contribution < -0.4 is 5.73 Å². The topological polar surface area (TPSA) is 85.3 Å². The van der Waals surface area contributed by atoms with E-state index in [1.165, 1.54) is 18.6 Å². The summed E-state index contributed by atoms with van der Waals surface area (Å²) in [5.74, 6) is 0.0340. The SMILES string of the molecule is NC(=O)c1nc(CN2CCC[C@H](CCc3ccc(F)cc3)C2)no1. The molecule has 128 valence electrons. The lowest BCUT2D eigenvalue weighted by Crippen LogP contribution is -2.35. The summed E-state index contributed by atoms with van der Waals surface area (Å²) in [5.41, 5.74) is 6.28. The minimum atomic E-state index is -0.704. The van der Waals surface area contributed by atoms with Gasteiger partial charge in [0, 0.05) is 6.54 Å². The molecule has 2 heterocycles. The van der Waals surface area contributed by atoms with Crippen molar-refractivity contribution in [2.45, 2.75) is 32.2 Å². The predicted molar refractivity (Wildman–Crippen MR) is 85.5 cm³/mol. The van der Waals surface area contributed by atoms with Crippen molar-refractivity contribution in [3.8, 4) is 0 Å². The second kappa shape index (κ2) is 7.53. The third kappa shape index (κ3) is 4.38. The summed E-state index contributed by atoms with van der Waals surface area (Å²) in [7, 11) is 0. The normalized spacial score (nSPS) is 18.6. The number of aromatic nitrogens is 2. The summed E-state index contributed by atoms with van der Waals surface area (Å²) in [6.07, 6.45) is 4.33. The largest absolute Gasteiger partial charge is 0.361 e. The average molecular weight is 332 g/mol. The van der Waals surface area contributed by atoms with E-state index in [2.05, 4.69) is 15.0 Å². The molecule has 1 saturated heterocycles. The number of hydrogen-bond acceptors (Lipinski definition) is 5. The molecule has 1 aromatic heterocycles. The minimum absolute atomic E-state index is 0.144. The molecule has 2 aromatic rings. The van der Waals surface area contributed by atoms with Crippen LogP contribution in [0, 0.1) is 11.7 Å². The maximum absolute atomic E-state index is 12.9. The Bertz CT molecular complexity index is 686. The molecular weight excluding hydrogens is 311 g/mol. The fourth-order valence-electron chi connectivity index (χ4n) is 3.17. The van der Waals surface area contributed by atoms with E-state index in [9.17, 15) is 9.18 Å². The summed E-state index contributed by atoms with van der Waals surface area (Å²) in [6.45, 7) is 2.50. The van der Waals surface area contributed by atoms with Crippen LogP contribution in [-0.2, 0) is 13.0 Å². The van der Waals surface area contributed by atoms with Gasteiger partial charge in [-0.2, -0.15) is 4.98 Å². The molecule has 1 atom stereocenters. The lowest BCUT2D eigenvalue weighted by Gasteiger charge is -2.31. The zero-order valence-electron chi connectivity index (χ0n) is 13.4. The molecule has 0 saturated carbocycles. The van der Waals surface area contributed by atoms with Crippen molar-refractivity contribution >= 4 is 5.91 Å². The molecule has 3 rings (SSSR count). The molecule has 1 amide bonds. The average Bonchev–Trinajstić information content (AvgIpc) is 3.03. The fraction of sp³-hybridized carbons (Fsp3) is 0.471. The van der Waals surface area contributed by atoms with E-state index >= 15 is 0 Å². The molecule has 1 aromatic carbocycles. The highest BCUT2D eigenvalue weighted by Gasteiger charge is 2.22. The van der Waals surface area contributed by atoms with Crippen molar-refractivity contribution in [3.05, 3.63) is 47.4 Å². The zero-order chi connectivity index (χ0) is 16.9. The quantitative estimate of drug-likeness (QED) is 0.876. The highest BCUT2D eigenvalue weighted by Crippen LogP contribution is 2.22. The second-order valence-electron chi connectivity index (χ2n) is 6.29. The van der Waals surface area contributed by atoms with Crippen LogP contribution >= 0.6 is 0 Å². The molecule has 1 aliphatic rings. The van der Waals surface area contributed by atoms with Crippen LogP contribution in [0.15, 0.2) is 28.8 Å². The molecule has 7 heteroatoms. The van der Waals surface area contributed by atoms with Crippen LogP contribution in [0.5, 0.6) is 0 Å². The Labute approximate surface area is 139 Å². The highest BCUT2D eigenvalue weighted by atomic mass is 19.1. The van der Waals surface area contributed by atoms with Gasteiger partial charge in [0.15, 0.2) is 5.82 Å². The Morgan fingerprint density at radius 3 is 2.88 bits per heavy atom. The van der Waals surface area contributed by atoms with E-state index in [0.717, 1.165) is 37.9 Å². The van der Waals surface area contributed by atoms with Crippen LogP contribution in [-0.4, -0.2) is 34.0 Å². The first-order valence-corrected chi connectivity index (χ1v) is 8.19. The standard InChI is InChI=1S/C17H21FN4O2/c18-14-7-5-12(6-8-14)3-4-13-2-1-9-22(10-13)11-15-20-17(16(19)23)24-21-15/h5-8,13H,1-4,9-11H2,(H2,19,23)/t13-/m1/s1. The Balaban J connectivity index is 1.50. The first-order chi connectivity index (χ1) is 11.6. The van der Waals surface area contributed by atoms with Gasteiger partial charge in [-0.25, -0.2) is 4.39 Å². The van der Waals surface area contributed by atoms with Gasteiger partial charge in [0.25, 0.3) is 0 Å². The van der Waals surface area contributed by atoms with E-state index in [1.807, 2.05) is 12.1 Å². The number of amides is 1. The molecule has 2 N–H and O–H groups in total. The van der Waals surface area contributed by atoms with Crippen LogP contribution in [0.4, 0.5) is 4.39 Å². The maximum atomic E-state index is 12.9. The van der Waals surface area contributed by atoms with Gasteiger partial charge in [0.05, 0.1) is 6.54 Å². The van der Waals surface area contributed by atoms with Crippen molar-refractivity contribution in [2.75, 3.05) is 13.1 Å². The van der Waals surface area contributed by atoms with Gasteiger partial charge in [-0.1, -0.05) is 17.3 Å². The molecule has 0 bridgehead atoms. The number of likely N-dealkylation sites (tertiary alicyclic amines) is 1. The number of carbonyl (C=O) groups excluding carboxylic acids is 1. The molecule has 0 radical (unpaired) electrons. The van der Waals surface area contributed by atoms with Crippen molar-refractivity contribution in [1.29, 1.82) is 0 Å². The number of rotatable bonds is 6. The van der Waals surface area contributed by atoms with Gasteiger partial charge in [0.1, 0.15) is 5.82 Å². The van der Waals surface area contributed by atoms with E-state index in [1.54, 1.807) is 0 Å². The molecule has 6 nitrogen and oxygen atoms in total. The second-order valence-corrected chi connectivity index (χ2v) is 6.29. The molecule has 24 heavy (non-hydrogen) atoms. The summed E-state index contributed by atoms with van der Waals surface area (Å²) >= 11 is 0. The molecular formula is C17H21FN4O2. The van der Waals surface area contributed by atoms with Gasteiger partial charge in [0.2, 0.25) is 0 Å². The number of benzene rings is 1. The number of halogens is 1. The van der Waals surface area contributed by atoms with Crippen LogP contribution in [0.25, 0.3) is 0 Å². The number of aryl methyl sites for hydroxylation is 1. The molecule has 0 aliphatic carbocycles. The first kappa shape index (κ1) is 16.6. The van der Waals surface area contributed by atoms with E-state index < -0.39 is 5.91 Å². The highest BCUT2D eigenvalue weighted by molar-refractivity contribution is 5.87. The Morgan fingerprint density at radius 2 is 2.17 bits per heavy atom. The summed E-state index contributed by atoms with van der Waals surface area (Å²) in [4.78, 5) is 17.3. The number of piperidine rings is 1. The fourth-order valence-corrected chi connectivity index (χ4v) is 3.17. The lowest BCUT2D eigenvalue weighted by atomic mass is 9.91. The van der Waals surface area contributed by atoms with Gasteiger partial charge in [-0.3, -0.25) is 9.69 Å². The number of nitrogens with zero attached hydrogens (tertiary/aromatic N) is 3. The summed E-state index contributed by atoms with van der Waals surface area (Å²) < 4.78 is 17.8. The zero-order valence-corrected chi connectivity index (χ0v) is 13.4. The molecule has 1 fully saturated rings. The molecule has 0 spiro atoms. The van der Waals surface area contributed by atoms with Gasteiger partial charge >= 0.3 is 11.8 Å². The van der Waals surface area contributed by atoms with E-state index in [-0.39, 0.29) is 11.7 Å². The number of nitrogens with two attached hydrogens (primary N) is 1. The summed E-state index contributed by atoms with van der Waals surface area (Å²) in [5, 5.41) is 3.79. The van der Waals surface area contributed by atoms with E-state index in [0.29, 0.717) is 18.3 Å². The minimum Gasteiger partial charge on any atom is -0.361 e. The smallest absolute Gasteiger partial charge is 0.315 e. The number of primary amides is 1. The van der Waals surface area contributed by atoms with Gasteiger partial charge in [-0.05, 0) is 55.8 Å². The van der Waals surface area contributed by atoms with Crippen molar-refractivity contribution < 1.29 is 13.7 Å². The van der Waals surface area contributed by atoms with Crippen molar-refractivity contribution in [2.24, 2.45) is 11.7 Å².